The SMILES string of the molecule is COc1ccccc1-c1cc(C)ncc1C(=O)Nc1nc2c(s1)C[C@H](c1ccc(Cl)cc1)CC2. The van der Waals surface area contributed by atoms with E-state index in [2.05, 4.69) is 22.4 Å². The molecule has 1 atom stereocenters. The van der Waals surface area contributed by atoms with Crippen LogP contribution in [0.1, 0.15) is 44.5 Å². The lowest BCUT2D eigenvalue weighted by Crippen LogP contribution is -2.14. The van der Waals surface area contributed by atoms with E-state index < -0.39 is 0 Å². The molecule has 1 aliphatic carbocycles. The number of ether oxygens (including phenoxy) is 1. The number of amides is 1. The maximum atomic E-state index is 13.3. The average molecular weight is 490 g/mol. The summed E-state index contributed by atoms with van der Waals surface area (Å²) < 4.78 is 5.53. The molecule has 1 N–H and O–H groups in total. The first-order chi connectivity index (χ1) is 16.5. The Hall–Kier alpha value is -3.22. The Morgan fingerprint density at radius 3 is 2.74 bits per heavy atom. The molecule has 2 heterocycles. The number of thiazole rings is 1. The van der Waals surface area contributed by atoms with Crippen LogP contribution in [0.2, 0.25) is 5.02 Å². The lowest BCUT2D eigenvalue weighted by Gasteiger charge is -2.21. The van der Waals surface area contributed by atoms with E-state index in [1.54, 1.807) is 24.6 Å². The molecule has 34 heavy (non-hydrogen) atoms. The molecular formula is C27H24ClN3O2S. The summed E-state index contributed by atoms with van der Waals surface area (Å²) in [6.07, 6.45) is 4.47. The van der Waals surface area contributed by atoms with Crippen molar-refractivity contribution in [3.05, 3.63) is 93.2 Å². The fraction of sp³-hybridized carbons (Fsp3) is 0.222. The van der Waals surface area contributed by atoms with E-state index in [1.165, 1.54) is 10.4 Å². The number of para-hydroxylation sites is 1. The molecule has 0 spiro atoms. The summed E-state index contributed by atoms with van der Waals surface area (Å²) in [7, 11) is 1.63. The molecule has 0 radical (unpaired) electrons. The number of benzene rings is 2. The number of aryl methyl sites for hydroxylation is 2. The molecule has 1 amide bonds. The fourth-order valence-electron chi connectivity index (χ4n) is 4.44. The first kappa shape index (κ1) is 22.6. The summed E-state index contributed by atoms with van der Waals surface area (Å²) in [5, 5.41) is 4.39. The minimum absolute atomic E-state index is 0.228. The van der Waals surface area contributed by atoms with Gasteiger partial charge < -0.3 is 4.74 Å². The number of rotatable bonds is 5. The van der Waals surface area contributed by atoms with Crippen LogP contribution < -0.4 is 10.1 Å². The van der Waals surface area contributed by atoms with E-state index in [1.807, 2.05) is 49.4 Å². The van der Waals surface area contributed by atoms with Crippen molar-refractivity contribution in [1.82, 2.24) is 9.97 Å². The summed E-state index contributed by atoms with van der Waals surface area (Å²) in [5.74, 6) is 0.918. The Balaban J connectivity index is 1.39. The molecule has 4 aromatic rings. The second kappa shape index (κ2) is 9.57. The van der Waals surface area contributed by atoms with Crippen molar-refractivity contribution in [2.75, 3.05) is 12.4 Å². The highest BCUT2D eigenvalue weighted by molar-refractivity contribution is 7.15. The van der Waals surface area contributed by atoms with Gasteiger partial charge in [-0.15, -0.1) is 11.3 Å². The van der Waals surface area contributed by atoms with Crippen LogP contribution in [-0.2, 0) is 12.8 Å². The monoisotopic (exact) mass is 489 g/mol. The number of nitrogens with zero attached hydrogens (tertiary/aromatic N) is 2. The number of halogens is 1. The molecule has 7 heteroatoms. The van der Waals surface area contributed by atoms with Gasteiger partial charge in [0.1, 0.15) is 5.75 Å². The molecule has 0 fully saturated rings. The molecular weight excluding hydrogens is 466 g/mol. The molecule has 0 saturated heterocycles. The zero-order chi connectivity index (χ0) is 23.7. The van der Waals surface area contributed by atoms with E-state index >= 15 is 0 Å². The topological polar surface area (TPSA) is 64.1 Å². The molecule has 172 valence electrons. The molecule has 0 unspecified atom stereocenters. The molecule has 1 aliphatic rings. The first-order valence-electron chi connectivity index (χ1n) is 11.2. The van der Waals surface area contributed by atoms with Gasteiger partial charge in [0, 0.05) is 32.9 Å². The number of pyridine rings is 1. The highest BCUT2D eigenvalue weighted by Crippen LogP contribution is 2.38. The van der Waals surface area contributed by atoms with Gasteiger partial charge in [0.2, 0.25) is 0 Å². The molecule has 5 rings (SSSR count). The van der Waals surface area contributed by atoms with Gasteiger partial charge in [-0.2, -0.15) is 0 Å². The first-order valence-corrected chi connectivity index (χ1v) is 12.4. The summed E-state index contributed by atoms with van der Waals surface area (Å²) in [6, 6.07) is 17.7. The van der Waals surface area contributed by atoms with Crippen molar-refractivity contribution >= 4 is 34.0 Å². The van der Waals surface area contributed by atoms with Gasteiger partial charge in [-0.3, -0.25) is 15.1 Å². The largest absolute Gasteiger partial charge is 0.496 e. The van der Waals surface area contributed by atoms with Crippen LogP contribution in [0.15, 0.2) is 60.8 Å². The lowest BCUT2D eigenvalue weighted by molar-refractivity contribution is 0.102. The highest BCUT2D eigenvalue weighted by atomic mass is 35.5. The van der Waals surface area contributed by atoms with Crippen LogP contribution in [0, 0.1) is 6.92 Å². The lowest BCUT2D eigenvalue weighted by atomic mass is 9.85. The Bertz CT molecular complexity index is 1350. The van der Waals surface area contributed by atoms with Gasteiger partial charge in [-0.25, -0.2) is 4.98 Å². The Labute approximate surface area is 207 Å². The van der Waals surface area contributed by atoms with Gasteiger partial charge in [0.15, 0.2) is 5.13 Å². The molecule has 0 bridgehead atoms. The van der Waals surface area contributed by atoms with Crippen LogP contribution in [0.3, 0.4) is 0 Å². The number of aromatic nitrogens is 2. The number of nitrogens with one attached hydrogen (secondary N) is 1. The fourth-order valence-corrected chi connectivity index (χ4v) is 5.65. The molecule has 5 nitrogen and oxygen atoms in total. The third-order valence-electron chi connectivity index (χ3n) is 6.18. The summed E-state index contributed by atoms with van der Waals surface area (Å²) in [5.41, 5.74) is 5.33. The Morgan fingerprint density at radius 2 is 1.94 bits per heavy atom. The van der Waals surface area contributed by atoms with Crippen molar-refractivity contribution in [2.45, 2.75) is 32.1 Å². The Morgan fingerprint density at radius 1 is 1.15 bits per heavy atom. The van der Waals surface area contributed by atoms with E-state index in [4.69, 9.17) is 21.3 Å². The van der Waals surface area contributed by atoms with Gasteiger partial charge in [0.25, 0.3) is 5.91 Å². The smallest absolute Gasteiger partial charge is 0.259 e. The van der Waals surface area contributed by atoms with Crippen molar-refractivity contribution in [1.29, 1.82) is 0 Å². The van der Waals surface area contributed by atoms with E-state index in [-0.39, 0.29) is 5.91 Å². The number of methoxy groups -OCH3 is 1. The van der Waals surface area contributed by atoms with Crippen LogP contribution >= 0.6 is 22.9 Å². The zero-order valence-electron chi connectivity index (χ0n) is 19.0. The van der Waals surface area contributed by atoms with Crippen LogP contribution in [0.5, 0.6) is 5.75 Å². The quantitative estimate of drug-likeness (QED) is 0.338. The molecule has 0 saturated carbocycles. The van der Waals surface area contributed by atoms with Gasteiger partial charge in [-0.05, 0) is 61.9 Å². The summed E-state index contributed by atoms with van der Waals surface area (Å²) in [6.45, 7) is 1.91. The van der Waals surface area contributed by atoms with E-state index in [0.717, 1.165) is 46.8 Å². The third-order valence-corrected chi connectivity index (χ3v) is 7.47. The van der Waals surface area contributed by atoms with Crippen molar-refractivity contribution in [3.63, 3.8) is 0 Å². The second-order valence-corrected chi connectivity index (χ2v) is 9.93. The van der Waals surface area contributed by atoms with Gasteiger partial charge in [-0.1, -0.05) is 41.9 Å². The predicted molar refractivity (Wildman–Crippen MR) is 137 cm³/mol. The van der Waals surface area contributed by atoms with Crippen molar-refractivity contribution < 1.29 is 9.53 Å². The zero-order valence-corrected chi connectivity index (χ0v) is 20.5. The van der Waals surface area contributed by atoms with Gasteiger partial charge in [0.05, 0.1) is 18.4 Å². The minimum Gasteiger partial charge on any atom is -0.496 e. The van der Waals surface area contributed by atoms with Crippen molar-refractivity contribution in [3.8, 4) is 16.9 Å². The third kappa shape index (κ3) is 4.56. The second-order valence-electron chi connectivity index (χ2n) is 8.41. The predicted octanol–water partition coefficient (Wildman–Crippen LogP) is 6.70. The molecule has 0 aliphatic heterocycles. The van der Waals surface area contributed by atoms with E-state index in [9.17, 15) is 4.79 Å². The number of fused-ring (bicyclic) bond motifs is 1. The summed E-state index contributed by atoms with van der Waals surface area (Å²) in [4.78, 5) is 23.6. The normalized spacial score (nSPS) is 15.0. The Kier molecular flexibility index (Phi) is 6.35. The number of anilines is 1. The number of hydrogen-bond donors (Lipinski definition) is 1. The number of hydrogen-bond acceptors (Lipinski definition) is 5. The van der Waals surface area contributed by atoms with Crippen molar-refractivity contribution in [2.24, 2.45) is 0 Å². The number of carbonyl (C=O) groups excluding carboxylic acids is 1. The minimum atomic E-state index is -0.228. The highest BCUT2D eigenvalue weighted by Gasteiger charge is 2.25. The van der Waals surface area contributed by atoms with Crippen LogP contribution in [-0.4, -0.2) is 23.0 Å². The maximum Gasteiger partial charge on any atom is 0.259 e. The maximum absolute atomic E-state index is 13.3. The number of carbonyl (C=O) groups is 1. The average Bonchev–Trinajstić information content (AvgIpc) is 3.25. The van der Waals surface area contributed by atoms with Crippen LogP contribution in [0.25, 0.3) is 11.1 Å². The van der Waals surface area contributed by atoms with E-state index in [0.29, 0.717) is 22.4 Å². The van der Waals surface area contributed by atoms with Gasteiger partial charge >= 0.3 is 0 Å². The summed E-state index contributed by atoms with van der Waals surface area (Å²) >= 11 is 7.61. The van der Waals surface area contributed by atoms with Crippen LogP contribution in [0.4, 0.5) is 5.13 Å². The molecule has 2 aromatic heterocycles. The molecule has 2 aromatic carbocycles. The standard InChI is InChI=1S/C27H24ClN3O2S/c1-16-13-21(20-5-3-4-6-24(20)33-2)22(15-29-16)26(32)31-27-30-23-12-9-18(14-25(23)34-27)17-7-10-19(28)11-8-17/h3-8,10-11,13,15,18H,9,12,14H2,1-2H3,(H,30,31,32)/t18-/m1/s1.